The lowest BCUT2D eigenvalue weighted by Gasteiger charge is -2.28. The van der Waals surface area contributed by atoms with E-state index in [2.05, 4.69) is 19.1 Å². The summed E-state index contributed by atoms with van der Waals surface area (Å²) in [7, 11) is 1.49. The van der Waals surface area contributed by atoms with Crippen LogP contribution in [0.2, 0.25) is 0 Å². The van der Waals surface area contributed by atoms with Crippen LogP contribution in [-0.4, -0.2) is 7.11 Å². The van der Waals surface area contributed by atoms with E-state index in [1.807, 2.05) is 12.1 Å². The second-order valence-electron chi connectivity index (χ2n) is 9.62. The molecule has 190 valence electrons. The molecule has 3 aromatic rings. The SMILES string of the molecule is CCCC1CCC(c2ccc(/C=C/c3ccc(-c4ccc(OC)cc4)c(F)c3C(F)(F)F)cc2)CC1. The zero-order valence-electron chi connectivity index (χ0n) is 20.7. The summed E-state index contributed by atoms with van der Waals surface area (Å²) in [6, 6.07) is 17.0. The normalized spacial score (nSPS) is 18.5. The lowest BCUT2D eigenvalue weighted by molar-refractivity contribution is -0.140. The molecule has 5 heteroatoms. The van der Waals surface area contributed by atoms with Crippen molar-refractivity contribution in [3.63, 3.8) is 0 Å². The predicted molar refractivity (Wildman–Crippen MR) is 138 cm³/mol. The second-order valence-corrected chi connectivity index (χ2v) is 9.62. The Hall–Kier alpha value is -3.08. The van der Waals surface area contributed by atoms with Crippen LogP contribution in [0.5, 0.6) is 5.75 Å². The Bertz CT molecular complexity index is 1170. The number of halogens is 4. The van der Waals surface area contributed by atoms with Crippen LogP contribution in [0.3, 0.4) is 0 Å². The molecule has 0 aromatic heterocycles. The number of benzene rings is 3. The van der Waals surface area contributed by atoms with Crippen LogP contribution in [0.15, 0.2) is 60.7 Å². The molecule has 0 aliphatic heterocycles. The van der Waals surface area contributed by atoms with Crippen molar-refractivity contribution in [2.75, 3.05) is 7.11 Å². The molecule has 0 atom stereocenters. The minimum Gasteiger partial charge on any atom is -0.497 e. The highest BCUT2D eigenvalue weighted by Crippen LogP contribution is 2.40. The molecule has 0 N–H and O–H groups in total. The van der Waals surface area contributed by atoms with Crippen LogP contribution in [0, 0.1) is 11.7 Å². The van der Waals surface area contributed by atoms with Crippen molar-refractivity contribution in [3.8, 4) is 16.9 Å². The van der Waals surface area contributed by atoms with E-state index >= 15 is 4.39 Å². The summed E-state index contributed by atoms with van der Waals surface area (Å²) >= 11 is 0. The van der Waals surface area contributed by atoms with Gasteiger partial charge in [0.15, 0.2) is 0 Å². The van der Waals surface area contributed by atoms with Crippen molar-refractivity contribution < 1.29 is 22.3 Å². The van der Waals surface area contributed by atoms with E-state index in [1.54, 1.807) is 30.3 Å². The Morgan fingerprint density at radius 1 is 0.861 bits per heavy atom. The number of methoxy groups -OCH3 is 1. The molecule has 36 heavy (non-hydrogen) atoms. The summed E-state index contributed by atoms with van der Waals surface area (Å²) in [4.78, 5) is 0. The maximum atomic E-state index is 15.2. The van der Waals surface area contributed by atoms with Gasteiger partial charge in [0.1, 0.15) is 11.6 Å². The third-order valence-electron chi connectivity index (χ3n) is 7.27. The number of hydrogen-bond acceptors (Lipinski definition) is 1. The van der Waals surface area contributed by atoms with Gasteiger partial charge in [0.25, 0.3) is 0 Å². The molecule has 0 unspecified atom stereocenters. The van der Waals surface area contributed by atoms with E-state index in [1.165, 1.54) is 69.4 Å². The van der Waals surface area contributed by atoms with Crippen molar-refractivity contribution in [2.45, 2.75) is 57.5 Å². The maximum absolute atomic E-state index is 15.2. The predicted octanol–water partition coefficient (Wildman–Crippen LogP) is 9.76. The first-order chi connectivity index (χ1) is 17.3. The molecule has 3 aromatic carbocycles. The Balaban J connectivity index is 1.54. The summed E-state index contributed by atoms with van der Waals surface area (Å²) < 4.78 is 61.9. The Kier molecular flexibility index (Phi) is 8.17. The summed E-state index contributed by atoms with van der Waals surface area (Å²) in [5.74, 6) is 0.661. The van der Waals surface area contributed by atoms with Crippen molar-refractivity contribution in [2.24, 2.45) is 5.92 Å². The van der Waals surface area contributed by atoms with E-state index in [0.717, 1.165) is 11.5 Å². The third kappa shape index (κ3) is 6.00. The molecule has 0 radical (unpaired) electrons. The standard InChI is InChI=1S/C31H32F4O/c1-3-4-21-5-10-23(11-6-21)24-12-7-22(8-13-24)9-14-26-17-20-28(30(32)29(26)31(33,34)35)25-15-18-27(36-2)19-16-25/h7-9,12-21,23H,3-6,10-11H2,1-2H3/b14-9+. The van der Waals surface area contributed by atoms with Gasteiger partial charge in [-0.05, 0) is 71.9 Å². The van der Waals surface area contributed by atoms with Gasteiger partial charge in [-0.25, -0.2) is 4.39 Å². The second kappa shape index (κ2) is 11.3. The van der Waals surface area contributed by atoms with E-state index in [4.69, 9.17) is 4.74 Å². The van der Waals surface area contributed by atoms with Gasteiger partial charge >= 0.3 is 6.18 Å². The van der Waals surface area contributed by atoms with Crippen LogP contribution in [0.25, 0.3) is 23.3 Å². The topological polar surface area (TPSA) is 9.23 Å². The van der Waals surface area contributed by atoms with Gasteiger partial charge in [0.05, 0.1) is 12.7 Å². The molecule has 0 saturated heterocycles. The molecular formula is C31H32F4O. The van der Waals surface area contributed by atoms with Gasteiger partial charge < -0.3 is 4.74 Å². The lowest BCUT2D eigenvalue weighted by atomic mass is 9.77. The molecule has 1 saturated carbocycles. The van der Waals surface area contributed by atoms with Crippen LogP contribution in [0.4, 0.5) is 17.6 Å². The first-order valence-corrected chi connectivity index (χ1v) is 12.6. The fourth-order valence-electron chi connectivity index (χ4n) is 5.27. The smallest absolute Gasteiger partial charge is 0.419 e. The molecule has 1 fully saturated rings. The quantitative estimate of drug-likeness (QED) is 0.234. The Morgan fingerprint density at radius 3 is 2.11 bits per heavy atom. The number of hydrogen-bond donors (Lipinski definition) is 0. The Labute approximate surface area is 210 Å². The monoisotopic (exact) mass is 496 g/mol. The van der Waals surface area contributed by atoms with Crippen molar-refractivity contribution >= 4 is 12.2 Å². The number of ether oxygens (including phenoxy) is 1. The molecule has 1 aliphatic carbocycles. The van der Waals surface area contributed by atoms with Gasteiger partial charge in [-0.1, -0.05) is 80.4 Å². The first-order valence-electron chi connectivity index (χ1n) is 12.6. The third-order valence-corrected chi connectivity index (χ3v) is 7.27. The highest BCUT2D eigenvalue weighted by atomic mass is 19.4. The van der Waals surface area contributed by atoms with Gasteiger partial charge in [0, 0.05) is 5.56 Å². The molecular weight excluding hydrogens is 464 g/mol. The number of rotatable bonds is 7. The zero-order chi connectivity index (χ0) is 25.7. The molecule has 4 rings (SSSR count). The summed E-state index contributed by atoms with van der Waals surface area (Å²) in [6.07, 6.45) is 5.57. The van der Waals surface area contributed by atoms with Gasteiger partial charge in [-0.15, -0.1) is 0 Å². The molecule has 1 aliphatic rings. The van der Waals surface area contributed by atoms with Crippen LogP contribution in [0.1, 0.15) is 73.6 Å². The largest absolute Gasteiger partial charge is 0.497 e. The number of alkyl halides is 3. The minimum absolute atomic E-state index is 0.0971. The maximum Gasteiger partial charge on any atom is 0.419 e. The zero-order valence-corrected chi connectivity index (χ0v) is 20.7. The average molecular weight is 497 g/mol. The Morgan fingerprint density at radius 2 is 1.53 bits per heavy atom. The molecule has 1 nitrogen and oxygen atoms in total. The first kappa shape index (κ1) is 26.0. The molecule has 0 heterocycles. The average Bonchev–Trinajstić information content (AvgIpc) is 2.88. The van der Waals surface area contributed by atoms with Gasteiger partial charge in [0.2, 0.25) is 0 Å². The van der Waals surface area contributed by atoms with Gasteiger partial charge in [-0.3, -0.25) is 0 Å². The van der Waals surface area contributed by atoms with E-state index in [0.29, 0.717) is 17.2 Å². The van der Waals surface area contributed by atoms with Crippen LogP contribution >= 0.6 is 0 Å². The van der Waals surface area contributed by atoms with Crippen molar-refractivity contribution in [3.05, 3.63) is 88.7 Å². The van der Waals surface area contributed by atoms with Crippen LogP contribution < -0.4 is 4.74 Å². The lowest BCUT2D eigenvalue weighted by Crippen LogP contribution is -2.13. The molecule has 0 bridgehead atoms. The molecule has 0 spiro atoms. The highest BCUT2D eigenvalue weighted by molar-refractivity contribution is 5.75. The summed E-state index contributed by atoms with van der Waals surface area (Å²) in [6.45, 7) is 2.24. The van der Waals surface area contributed by atoms with Crippen LogP contribution in [-0.2, 0) is 6.18 Å². The van der Waals surface area contributed by atoms with E-state index in [9.17, 15) is 13.2 Å². The van der Waals surface area contributed by atoms with E-state index < -0.39 is 17.6 Å². The van der Waals surface area contributed by atoms with E-state index in [-0.39, 0.29) is 11.1 Å². The summed E-state index contributed by atoms with van der Waals surface area (Å²) in [5.41, 5.74) is 0.871. The molecule has 0 amide bonds. The van der Waals surface area contributed by atoms with Crippen molar-refractivity contribution in [1.82, 2.24) is 0 Å². The summed E-state index contributed by atoms with van der Waals surface area (Å²) in [5, 5.41) is 0. The fourth-order valence-corrected chi connectivity index (χ4v) is 5.27. The van der Waals surface area contributed by atoms with Gasteiger partial charge in [-0.2, -0.15) is 13.2 Å². The minimum atomic E-state index is -4.83. The van der Waals surface area contributed by atoms with Crippen molar-refractivity contribution in [1.29, 1.82) is 0 Å². The fraction of sp³-hybridized carbons (Fsp3) is 0.355. The highest BCUT2D eigenvalue weighted by Gasteiger charge is 2.37.